The van der Waals surface area contributed by atoms with E-state index in [1.54, 1.807) is 0 Å². The molecular weight excluding hydrogens is 378 g/mol. The van der Waals surface area contributed by atoms with Crippen molar-refractivity contribution in [3.8, 4) is 22.8 Å². The third-order valence-electron chi connectivity index (χ3n) is 6.58. The monoisotopic (exact) mass is 410 g/mol. The van der Waals surface area contributed by atoms with Crippen LogP contribution in [0.1, 0.15) is 57.2 Å². The Bertz CT molecular complexity index is 1360. The molecule has 1 aromatic heterocycles. The Kier molecular flexibility index (Phi) is 4.41. The lowest BCUT2D eigenvalue weighted by molar-refractivity contribution is -0.659. The summed E-state index contributed by atoms with van der Waals surface area (Å²) in [5.74, 6) is 2.49. The van der Waals surface area contributed by atoms with Crippen LogP contribution in [0.3, 0.4) is 0 Å². The van der Waals surface area contributed by atoms with Gasteiger partial charge in [0.05, 0.1) is 10.9 Å². The molecular formula is C29H32NO+. The van der Waals surface area contributed by atoms with Crippen LogP contribution in [0, 0.1) is 12.3 Å². The molecule has 0 fully saturated rings. The van der Waals surface area contributed by atoms with Gasteiger partial charge in [0.15, 0.2) is 6.20 Å². The van der Waals surface area contributed by atoms with Gasteiger partial charge in [-0.15, -0.1) is 0 Å². The van der Waals surface area contributed by atoms with Crippen LogP contribution in [0.5, 0.6) is 11.5 Å². The van der Waals surface area contributed by atoms with Gasteiger partial charge in [0.1, 0.15) is 18.5 Å². The van der Waals surface area contributed by atoms with E-state index in [-0.39, 0.29) is 5.41 Å². The Morgan fingerprint density at radius 2 is 1.71 bits per heavy atom. The molecule has 0 radical (unpaired) electrons. The SMILES string of the molecule is Cc1c2c(c(CC(C)(C)C)c3ccccc13)Oc1cc(C(C)C)cc3cc[n+](C)c-2c13. The lowest BCUT2D eigenvalue weighted by atomic mass is 9.81. The lowest BCUT2D eigenvalue weighted by Gasteiger charge is -2.28. The smallest absolute Gasteiger partial charge is 0.228 e. The minimum atomic E-state index is 0.156. The fourth-order valence-corrected chi connectivity index (χ4v) is 5.07. The maximum Gasteiger partial charge on any atom is 0.228 e. The summed E-state index contributed by atoms with van der Waals surface area (Å²) in [5, 5.41) is 5.11. The highest BCUT2D eigenvalue weighted by molar-refractivity contribution is 6.06. The van der Waals surface area contributed by atoms with Crippen molar-refractivity contribution < 1.29 is 9.30 Å². The first-order valence-corrected chi connectivity index (χ1v) is 11.3. The summed E-state index contributed by atoms with van der Waals surface area (Å²) < 4.78 is 9.12. The Morgan fingerprint density at radius 1 is 1.00 bits per heavy atom. The topological polar surface area (TPSA) is 13.1 Å². The van der Waals surface area contributed by atoms with Gasteiger partial charge in [-0.25, -0.2) is 4.57 Å². The predicted octanol–water partition coefficient (Wildman–Crippen LogP) is 7.61. The number of aryl methyl sites for hydroxylation is 2. The molecule has 4 aromatic rings. The number of benzene rings is 3. The molecule has 158 valence electrons. The third-order valence-corrected chi connectivity index (χ3v) is 6.58. The molecule has 1 aliphatic heterocycles. The van der Waals surface area contributed by atoms with Crippen molar-refractivity contribution in [3.05, 3.63) is 65.4 Å². The molecule has 0 saturated carbocycles. The second kappa shape index (κ2) is 6.82. The first-order valence-electron chi connectivity index (χ1n) is 11.3. The summed E-state index contributed by atoms with van der Waals surface area (Å²) >= 11 is 0. The zero-order valence-electron chi connectivity index (χ0n) is 19.8. The van der Waals surface area contributed by atoms with Gasteiger partial charge in [0, 0.05) is 11.6 Å². The molecule has 0 amide bonds. The highest BCUT2D eigenvalue weighted by atomic mass is 16.5. The van der Waals surface area contributed by atoms with Gasteiger partial charge in [0.2, 0.25) is 5.69 Å². The molecule has 0 atom stereocenters. The molecule has 0 N–H and O–H groups in total. The minimum absolute atomic E-state index is 0.156. The summed E-state index contributed by atoms with van der Waals surface area (Å²) in [4.78, 5) is 0. The van der Waals surface area contributed by atoms with Crippen molar-refractivity contribution >= 4 is 21.5 Å². The van der Waals surface area contributed by atoms with Crippen molar-refractivity contribution in [1.29, 1.82) is 0 Å². The molecule has 2 nitrogen and oxygen atoms in total. The van der Waals surface area contributed by atoms with E-state index >= 15 is 0 Å². The first kappa shape index (κ1) is 20.1. The van der Waals surface area contributed by atoms with Gasteiger partial charge in [-0.3, -0.25) is 0 Å². The van der Waals surface area contributed by atoms with Crippen LogP contribution in [-0.2, 0) is 13.5 Å². The average Bonchev–Trinajstić information content (AvgIpc) is 2.72. The van der Waals surface area contributed by atoms with E-state index in [0.29, 0.717) is 5.92 Å². The maximum absolute atomic E-state index is 6.85. The van der Waals surface area contributed by atoms with Crippen molar-refractivity contribution in [2.45, 2.75) is 53.9 Å². The molecule has 0 aliphatic carbocycles. The van der Waals surface area contributed by atoms with Crippen LogP contribution < -0.4 is 9.30 Å². The molecule has 2 heteroatoms. The van der Waals surface area contributed by atoms with E-state index in [0.717, 1.165) is 17.9 Å². The largest absolute Gasteiger partial charge is 0.455 e. The number of nitrogens with zero attached hydrogens (tertiary/aromatic N) is 1. The molecule has 5 rings (SSSR count). The van der Waals surface area contributed by atoms with E-state index in [2.05, 4.69) is 102 Å². The summed E-state index contributed by atoms with van der Waals surface area (Å²) in [6, 6.07) is 15.6. The van der Waals surface area contributed by atoms with Crippen molar-refractivity contribution in [2.24, 2.45) is 12.5 Å². The highest BCUT2D eigenvalue weighted by Gasteiger charge is 2.34. The number of pyridine rings is 1. The Morgan fingerprint density at radius 3 is 2.39 bits per heavy atom. The molecule has 31 heavy (non-hydrogen) atoms. The van der Waals surface area contributed by atoms with Gasteiger partial charge in [-0.05, 0) is 58.0 Å². The standard InChI is InChI=1S/C29H32NO/c1-17(2)20-14-19-12-13-30(7)27-25-18(3)21-10-8-9-11-22(21)23(16-29(4,5)6)28(25)31-24(15-20)26(19)27/h8-15,17H,16H2,1-7H3/q+1. The average molecular weight is 411 g/mol. The number of aromatic nitrogens is 1. The van der Waals surface area contributed by atoms with Crippen LogP contribution in [0.4, 0.5) is 0 Å². The molecule has 2 heterocycles. The Hall–Kier alpha value is -2.87. The van der Waals surface area contributed by atoms with Crippen molar-refractivity contribution in [2.75, 3.05) is 0 Å². The van der Waals surface area contributed by atoms with Crippen LogP contribution in [0.15, 0.2) is 48.7 Å². The predicted molar refractivity (Wildman–Crippen MR) is 130 cm³/mol. The van der Waals surface area contributed by atoms with Crippen LogP contribution >= 0.6 is 0 Å². The first-order chi connectivity index (χ1) is 14.7. The molecule has 0 spiro atoms. The van der Waals surface area contributed by atoms with Gasteiger partial charge >= 0.3 is 0 Å². The Balaban J connectivity index is 1.95. The van der Waals surface area contributed by atoms with E-state index in [1.165, 1.54) is 49.5 Å². The number of rotatable bonds is 2. The maximum atomic E-state index is 6.85. The zero-order valence-corrected chi connectivity index (χ0v) is 19.8. The lowest BCUT2D eigenvalue weighted by Crippen LogP contribution is -2.32. The fourth-order valence-electron chi connectivity index (χ4n) is 5.07. The number of ether oxygens (including phenoxy) is 1. The van der Waals surface area contributed by atoms with Crippen LogP contribution in [0.25, 0.3) is 32.8 Å². The zero-order chi connectivity index (χ0) is 22.1. The normalized spacial score (nSPS) is 13.0. The second-order valence-electron chi connectivity index (χ2n) is 10.6. The Labute approximate surface area is 185 Å². The molecule has 0 saturated heterocycles. The third kappa shape index (κ3) is 3.12. The van der Waals surface area contributed by atoms with Crippen LogP contribution in [-0.4, -0.2) is 0 Å². The summed E-state index contributed by atoms with van der Waals surface area (Å²) in [5.41, 5.74) is 6.61. The molecule has 0 unspecified atom stereocenters. The van der Waals surface area contributed by atoms with Gasteiger partial charge < -0.3 is 4.74 Å². The van der Waals surface area contributed by atoms with Gasteiger partial charge in [0.25, 0.3) is 0 Å². The second-order valence-corrected chi connectivity index (χ2v) is 10.6. The summed E-state index contributed by atoms with van der Waals surface area (Å²) in [6.07, 6.45) is 3.16. The molecule has 1 aliphatic rings. The quantitative estimate of drug-likeness (QED) is 0.273. The summed E-state index contributed by atoms with van der Waals surface area (Å²) in [7, 11) is 2.15. The number of hydrogen-bond acceptors (Lipinski definition) is 1. The van der Waals surface area contributed by atoms with Crippen molar-refractivity contribution in [3.63, 3.8) is 0 Å². The van der Waals surface area contributed by atoms with E-state index in [4.69, 9.17) is 4.74 Å². The van der Waals surface area contributed by atoms with Crippen molar-refractivity contribution in [1.82, 2.24) is 0 Å². The molecule has 3 aromatic carbocycles. The van der Waals surface area contributed by atoms with Gasteiger partial charge in [-0.2, -0.15) is 0 Å². The van der Waals surface area contributed by atoms with E-state index in [1.807, 2.05) is 0 Å². The summed E-state index contributed by atoms with van der Waals surface area (Å²) in [6.45, 7) is 13.7. The molecule has 0 bridgehead atoms. The fraction of sp³-hybridized carbons (Fsp3) is 0.345. The van der Waals surface area contributed by atoms with Gasteiger partial charge in [-0.1, -0.05) is 65.0 Å². The van der Waals surface area contributed by atoms with Crippen LogP contribution in [0.2, 0.25) is 0 Å². The number of fused-ring (bicyclic) bond motifs is 3. The van der Waals surface area contributed by atoms with E-state index < -0.39 is 0 Å². The number of hydrogen-bond donors (Lipinski definition) is 0. The highest BCUT2D eigenvalue weighted by Crippen LogP contribution is 2.52. The van der Waals surface area contributed by atoms with E-state index in [9.17, 15) is 0 Å². The minimum Gasteiger partial charge on any atom is -0.455 e.